The molecule has 1 unspecified atom stereocenters. The summed E-state index contributed by atoms with van der Waals surface area (Å²) in [6.07, 6.45) is 9.59. The molecule has 244 valence electrons. The molecular formula is C36H42F2N4O3S. The summed E-state index contributed by atoms with van der Waals surface area (Å²) < 4.78 is 42.0. The molecule has 46 heavy (non-hydrogen) atoms. The van der Waals surface area contributed by atoms with Gasteiger partial charge in [-0.15, -0.1) is 21.5 Å². The molecule has 1 amide bonds. The molecular weight excluding hydrogens is 606 g/mol. The van der Waals surface area contributed by atoms with Crippen molar-refractivity contribution in [3.63, 3.8) is 0 Å². The second-order valence-electron chi connectivity index (χ2n) is 12.6. The van der Waals surface area contributed by atoms with Crippen molar-refractivity contribution in [3.05, 3.63) is 64.5 Å². The van der Waals surface area contributed by atoms with Gasteiger partial charge in [0.05, 0.1) is 23.3 Å². The molecule has 1 atom stereocenters. The van der Waals surface area contributed by atoms with Crippen LogP contribution in [-0.4, -0.2) is 67.5 Å². The lowest BCUT2D eigenvalue weighted by atomic mass is 9.86. The van der Waals surface area contributed by atoms with Crippen LogP contribution in [0.3, 0.4) is 0 Å². The quantitative estimate of drug-likeness (QED) is 0.137. The summed E-state index contributed by atoms with van der Waals surface area (Å²) in [5, 5.41) is 13.9. The Morgan fingerprint density at radius 3 is 2.57 bits per heavy atom. The van der Waals surface area contributed by atoms with E-state index in [1.807, 2.05) is 6.07 Å². The predicted octanol–water partition coefficient (Wildman–Crippen LogP) is 7.20. The van der Waals surface area contributed by atoms with Crippen molar-refractivity contribution in [1.82, 2.24) is 20.4 Å². The van der Waals surface area contributed by atoms with E-state index in [0.717, 1.165) is 50.5 Å². The molecule has 1 saturated carbocycles. The molecule has 0 radical (unpaired) electrons. The molecule has 0 saturated heterocycles. The highest BCUT2D eigenvalue weighted by molar-refractivity contribution is 7.17. The van der Waals surface area contributed by atoms with E-state index in [-0.39, 0.29) is 36.6 Å². The lowest BCUT2D eigenvalue weighted by molar-refractivity contribution is -0.125. The van der Waals surface area contributed by atoms with Crippen molar-refractivity contribution < 1.29 is 23.0 Å². The summed E-state index contributed by atoms with van der Waals surface area (Å²) >= 11 is 1.25. The Morgan fingerprint density at radius 2 is 1.76 bits per heavy atom. The molecule has 2 heterocycles. The van der Waals surface area contributed by atoms with Gasteiger partial charge in [-0.05, 0) is 75.5 Å². The van der Waals surface area contributed by atoms with E-state index in [0.29, 0.717) is 46.2 Å². The number of nitrogens with zero attached hydrogens (tertiary/aromatic N) is 3. The van der Waals surface area contributed by atoms with Crippen LogP contribution in [0, 0.1) is 17.6 Å². The summed E-state index contributed by atoms with van der Waals surface area (Å²) in [6, 6.07) is 11.0. The minimum atomic E-state index is -0.454. The fourth-order valence-electron chi connectivity index (χ4n) is 6.69. The van der Waals surface area contributed by atoms with Crippen molar-refractivity contribution >= 4 is 27.3 Å². The summed E-state index contributed by atoms with van der Waals surface area (Å²) in [4.78, 5) is 14.7. The van der Waals surface area contributed by atoms with Crippen LogP contribution in [0.25, 0.3) is 32.6 Å². The minimum absolute atomic E-state index is 0.104. The van der Waals surface area contributed by atoms with Crippen LogP contribution in [0.2, 0.25) is 0 Å². The Kier molecular flexibility index (Phi) is 10.6. The SMILES string of the molecule is CN(C)C1CCc2cc(-c3nnc(-c4ccc(F)cc4OCCOCCNC(=O)C4CCCCCC4)c4scc(F)c34)ccc2C1. The minimum Gasteiger partial charge on any atom is -0.490 e. The van der Waals surface area contributed by atoms with Gasteiger partial charge in [-0.3, -0.25) is 4.79 Å². The molecule has 2 aromatic heterocycles. The lowest BCUT2D eigenvalue weighted by Crippen LogP contribution is -2.33. The smallest absolute Gasteiger partial charge is 0.223 e. The van der Waals surface area contributed by atoms with Gasteiger partial charge in [-0.25, -0.2) is 8.78 Å². The third-order valence-corrected chi connectivity index (χ3v) is 10.3. The van der Waals surface area contributed by atoms with E-state index < -0.39 is 5.82 Å². The van der Waals surface area contributed by atoms with Crippen LogP contribution in [0.5, 0.6) is 5.75 Å². The fraction of sp³-hybridized carbons (Fsp3) is 0.472. The number of aromatic nitrogens is 2. The Morgan fingerprint density at radius 1 is 0.957 bits per heavy atom. The number of aryl methyl sites for hydroxylation is 1. The molecule has 7 nitrogen and oxygen atoms in total. The Hall–Kier alpha value is -3.47. The molecule has 2 aliphatic rings. The van der Waals surface area contributed by atoms with Crippen molar-refractivity contribution in [2.24, 2.45) is 5.92 Å². The number of rotatable bonds is 11. The first-order chi connectivity index (χ1) is 22.4. The highest BCUT2D eigenvalue weighted by atomic mass is 32.1. The summed E-state index contributed by atoms with van der Waals surface area (Å²) in [7, 11) is 4.23. The number of fused-ring (bicyclic) bond motifs is 2. The monoisotopic (exact) mass is 648 g/mol. The van der Waals surface area contributed by atoms with Crippen LogP contribution < -0.4 is 10.1 Å². The van der Waals surface area contributed by atoms with Crippen molar-refractivity contribution in [2.45, 2.75) is 63.8 Å². The lowest BCUT2D eigenvalue weighted by Gasteiger charge is -2.30. The van der Waals surface area contributed by atoms with Gasteiger partial charge in [0, 0.05) is 41.1 Å². The van der Waals surface area contributed by atoms with E-state index in [9.17, 15) is 9.18 Å². The Bertz CT molecular complexity index is 1670. The third kappa shape index (κ3) is 7.40. The number of hydrogen-bond donors (Lipinski definition) is 1. The van der Waals surface area contributed by atoms with Gasteiger partial charge in [-0.2, -0.15) is 0 Å². The number of hydrogen-bond acceptors (Lipinski definition) is 7. The highest BCUT2D eigenvalue weighted by Gasteiger charge is 2.24. The van der Waals surface area contributed by atoms with Gasteiger partial charge in [0.15, 0.2) is 0 Å². The summed E-state index contributed by atoms with van der Waals surface area (Å²) in [5.41, 5.74) is 4.89. The molecule has 0 bridgehead atoms. The van der Waals surface area contributed by atoms with Crippen LogP contribution >= 0.6 is 11.3 Å². The predicted molar refractivity (Wildman–Crippen MR) is 178 cm³/mol. The fourth-order valence-corrected chi connectivity index (χ4v) is 7.60. The topological polar surface area (TPSA) is 76.6 Å². The van der Waals surface area contributed by atoms with Gasteiger partial charge in [0.2, 0.25) is 5.91 Å². The maximum atomic E-state index is 15.4. The number of carbonyl (C=O) groups excluding carboxylic acids is 1. The second kappa shape index (κ2) is 15.0. The van der Waals surface area contributed by atoms with E-state index >= 15 is 4.39 Å². The third-order valence-electron chi connectivity index (χ3n) is 9.32. The van der Waals surface area contributed by atoms with Gasteiger partial charge >= 0.3 is 0 Å². The number of nitrogens with one attached hydrogen (secondary N) is 1. The molecule has 2 aliphatic carbocycles. The molecule has 0 aliphatic heterocycles. The number of carbonyl (C=O) groups is 1. The van der Waals surface area contributed by atoms with E-state index in [2.05, 4.69) is 46.6 Å². The van der Waals surface area contributed by atoms with Gasteiger partial charge in [0.1, 0.15) is 35.4 Å². The zero-order valence-corrected chi connectivity index (χ0v) is 27.4. The standard InChI is InChI=1S/C36H42F2N4O3S/c1-42(2)28-13-11-24-19-26(10-9-25(24)20-28)33-32-30(38)22-46-35(32)34(41-40-33)29-14-12-27(37)21-31(29)45-18-17-44-16-15-39-36(43)23-7-5-3-4-6-8-23/h9-10,12,14,19,21-23,28H,3-8,11,13,15-18,20H2,1-2H3,(H,39,43). The molecule has 2 aromatic carbocycles. The summed E-state index contributed by atoms with van der Waals surface area (Å²) in [6.45, 7) is 1.23. The zero-order chi connectivity index (χ0) is 32.0. The maximum Gasteiger partial charge on any atom is 0.223 e. The molecule has 6 rings (SSSR count). The number of amides is 1. The van der Waals surface area contributed by atoms with Crippen molar-refractivity contribution in [3.8, 4) is 28.3 Å². The van der Waals surface area contributed by atoms with E-state index in [1.165, 1.54) is 52.8 Å². The summed E-state index contributed by atoms with van der Waals surface area (Å²) in [5.74, 6) is -0.316. The number of benzene rings is 2. The van der Waals surface area contributed by atoms with Gasteiger partial charge < -0.3 is 19.7 Å². The average molecular weight is 649 g/mol. The van der Waals surface area contributed by atoms with Crippen molar-refractivity contribution in [2.75, 3.05) is 40.5 Å². The number of likely N-dealkylation sites (N-methyl/N-ethyl adjacent to an activating group) is 1. The van der Waals surface area contributed by atoms with Crippen molar-refractivity contribution in [1.29, 1.82) is 0 Å². The van der Waals surface area contributed by atoms with Crippen LogP contribution in [-0.2, 0) is 22.4 Å². The van der Waals surface area contributed by atoms with E-state index in [1.54, 1.807) is 6.07 Å². The molecule has 1 N–H and O–H groups in total. The molecule has 10 heteroatoms. The van der Waals surface area contributed by atoms with E-state index in [4.69, 9.17) is 9.47 Å². The van der Waals surface area contributed by atoms with Crippen LogP contribution in [0.4, 0.5) is 8.78 Å². The number of thiophene rings is 1. The molecule has 4 aromatic rings. The molecule has 1 fully saturated rings. The highest BCUT2D eigenvalue weighted by Crippen LogP contribution is 2.41. The Balaban J connectivity index is 1.13. The van der Waals surface area contributed by atoms with Gasteiger partial charge in [-0.1, -0.05) is 37.8 Å². The first kappa shape index (κ1) is 32.5. The first-order valence-corrected chi connectivity index (χ1v) is 17.3. The normalized spacial score (nSPS) is 17.2. The average Bonchev–Trinajstić information content (AvgIpc) is 3.25. The maximum absolute atomic E-state index is 15.4. The largest absolute Gasteiger partial charge is 0.490 e. The number of halogens is 2. The first-order valence-electron chi connectivity index (χ1n) is 16.4. The van der Waals surface area contributed by atoms with Crippen LogP contribution in [0.15, 0.2) is 41.8 Å². The van der Waals surface area contributed by atoms with Gasteiger partial charge in [0.25, 0.3) is 0 Å². The molecule has 0 spiro atoms. The zero-order valence-electron chi connectivity index (χ0n) is 26.6. The second-order valence-corrected chi connectivity index (χ2v) is 13.5. The van der Waals surface area contributed by atoms with Crippen LogP contribution in [0.1, 0.15) is 56.1 Å². The number of ether oxygens (including phenoxy) is 2. The Labute approximate surface area is 273 Å².